The average molecular weight is 178 g/mol. The fraction of sp³-hybridized carbons (Fsp3) is 0.455. The summed E-state index contributed by atoms with van der Waals surface area (Å²) in [7, 11) is 0. The minimum absolute atomic E-state index is 0.417. The largest absolute Gasteiger partial charge is 0.399 e. The molecule has 0 saturated heterocycles. The first kappa shape index (κ1) is 10.1. The topological polar surface area (TPSA) is 38.0 Å². The number of nitrogens with one attached hydrogen (secondary N) is 1. The van der Waals surface area contributed by atoms with Gasteiger partial charge in [0.15, 0.2) is 0 Å². The molecule has 0 aliphatic rings. The van der Waals surface area contributed by atoms with Gasteiger partial charge in [-0.25, -0.2) is 0 Å². The van der Waals surface area contributed by atoms with Crippen LogP contribution in [-0.2, 0) is 0 Å². The van der Waals surface area contributed by atoms with Crippen molar-refractivity contribution in [2.45, 2.75) is 26.3 Å². The van der Waals surface area contributed by atoms with Crippen molar-refractivity contribution in [1.29, 1.82) is 0 Å². The van der Waals surface area contributed by atoms with Crippen LogP contribution in [0.25, 0.3) is 0 Å². The molecule has 0 heterocycles. The Morgan fingerprint density at radius 2 is 1.92 bits per heavy atom. The molecule has 1 unspecified atom stereocenters. The third-order valence-electron chi connectivity index (χ3n) is 2.14. The van der Waals surface area contributed by atoms with Gasteiger partial charge in [0.2, 0.25) is 0 Å². The zero-order valence-corrected chi connectivity index (χ0v) is 8.38. The van der Waals surface area contributed by atoms with Crippen molar-refractivity contribution in [3.05, 3.63) is 29.8 Å². The molecule has 0 spiro atoms. The first-order valence-electron chi connectivity index (χ1n) is 4.83. The molecule has 1 aromatic rings. The summed E-state index contributed by atoms with van der Waals surface area (Å²) < 4.78 is 0. The molecule has 0 aliphatic heterocycles. The Bertz CT molecular complexity index is 241. The average Bonchev–Trinajstić information content (AvgIpc) is 2.15. The lowest BCUT2D eigenvalue weighted by Crippen LogP contribution is -2.19. The van der Waals surface area contributed by atoms with Crippen molar-refractivity contribution in [3.8, 4) is 0 Å². The van der Waals surface area contributed by atoms with Crippen LogP contribution in [0.4, 0.5) is 5.69 Å². The predicted octanol–water partition coefficient (Wildman–Crippen LogP) is 2.33. The van der Waals surface area contributed by atoms with Crippen molar-refractivity contribution >= 4 is 5.69 Å². The Morgan fingerprint density at radius 3 is 2.46 bits per heavy atom. The van der Waals surface area contributed by atoms with Gasteiger partial charge in [0.05, 0.1) is 0 Å². The number of hydrogen-bond donors (Lipinski definition) is 2. The highest BCUT2D eigenvalue weighted by Gasteiger charge is 2.02. The smallest absolute Gasteiger partial charge is 0.0314 e. The van der Waals surface area contributed by atoms with E-state index >= 15 is 0 Å². The van der Waals surface area contributed by atoms with Crippen LogP contribution in [-0.4, -0.2) is 6.54 Å². The standard InChI is InChI=1S/C11H18N2/c1-3-8-13-9(2)10-4-6-11(12)7-5-10/h4-7,9,13H,3,8,12H2,1-2H3. The van der Waals surface area contributed by atoms with Crippen LogP contribution in [0, 0.1) is 0 Å². The number of anilines is 1. The molecule has 0 aromatic heterocycles. The number of nitrogen functional groups attached to an aromatic ring is 1. The van der Waals surface area contributed by atoms with E-state index in [1.165, 1.54) is 12.0 Å². The quantitative estimate of drug-likeness (QED) is 0.694. The number of rotatable bonds is 4. The van der Waals surface area contributed by atoms with E-state index in [0.29, 0.717) is 6.04 Å². The molecule has 0 fully saturated rings. The Kier molecular flexibility index (Phi) is 3.77. The van der Waals surface area contributed by atoms with Crippen molar-refractivity contribution in [2.75, 3.05) is 12.3 Å². The van der Waals surface area contributed by atoms with Gasteiger partial charge in [0.1, 0.15) is 0 Å². The van der Waals surface area contributed by atoms with E-state index in [-0.39, 0.29) is 0 Å². The molecule has 2 nitrogen and oxygen atoms in total. The highest BCUT2D eigenvalue weighted by atomic mass is 14.9. The molecule has 3 N–H and O–H groups in total. The van der Waals surface area contributed by atoms with Crippen LogP contribution < -0.4 is 11.1 Å². The van der Waals surface area contributed by atoms with Gasteiger partial charge in [-0.05, 0) is 37.6 Å². The summed E-state index contributed by atoms with van der Waals surface area (Å²) in [4.78, 5) is 0. The summed E-state index contributed by atoms with van der Waals surface area (Å²) in [5.74, 6) is 0. The summed E-state index contributed by atoms with van der Waals surface area (Å²) in [5.41, 5.74) is 7.73. The number of benzene rings is 1. The van der Waals surface area contributed by atoms with E-state index < -0.39 is 0 Å². The van der Waals surface area contributed by atoms with E-state index in [4.69, 9.17) is 5.73 Å². The molecule has 0 radical (unpaired) electrons. The molecule has 2 heteroatoms. The number of hydrogen-bond acceptors (Lipinski definition) is 2. The highest BCUT2D eigenvalue weighted by molar-refractivity contribution is 5.39. The summed E-state index contributed by atoms with van der Waals surface area (Å²) >= 11 is 0. The van der Waals surface area contributed by atoms with Crippen molar-refractivity contribution in [3.63, 3.8) is 0 Å². The van der Waals surface area contributed by atoms with Crippen LogP contribution in [0.15, 0.2) is 24.3 Å². The predicted molar refractivity (Wildman–Crippen MR) is 57.6 cm³/mol. The summed E-state index contributed by atoms with van der Waals surface area (Å²) in [6.07, 6.45) is 1.17. The van der Waals surface area contributed by atoms with Crippen LogP contribution >= 0.6 is 0 Å². The van der Waals surface area contributed by atoms with Crippen molar-refractivity contribution in [1.82, 2.24) is 5.32 Å². The minimum atomic E-state index is 0.417. The molecule has 72 valence electrons. The second-order valence-electron chi connectivity index (χ2n) is 3.34. The Hall–Kier alpha value is -1.02. The first-order chi connectivity index (χ1) is 6.24. The lowest BCUT2D eigenvalue weighted by molar-refractivity contribution is 0.571. The van der Waals surface area contributed by atoms with Crippen LogP contribution in [0.5, 0.6) is 0 Å². The third-order valence-corrected chi connectivity index (χ3v) is 2.14. The van der Waals surface area contributed by atoms with Gasteiger partial charge in [0, 0.05) is 11.7 Å². The number of nitrogens with two attached hydrogens (primary N) is 1. The normalized spacial score (nSPS) is 12.8. The van der Waals surface area contributed by atoms with Gasteiger partial charge in [-0.2, -0.15) is 0 Å². The molecule has 1 aromatic carbocycles. The molecule has 1 rings (SSSR count). The molecular weight excluding hydrogens is 160 g/mol. The van der Waals surface area contributed by atoms with E-state index in [2.05, 4.69) is 31.3 Å². The Morgan fingerprint density at radius 1 is 1.31 bits per heavy atom. The van der Waals surface area contributed by atoms with Crippen LogP contribution in [0.3, 0.4) is 0 Å². The lowest BCUT2D eigenvalue weighted by atomic mass is 10.1. The highest BCUT2D eigenvalue weighted by Crippen LogP contribution is 2.13. The Labute approximate surface area is 80.1 Å². The van der Waals surface area contributed by atoms with Gasteiger partial charge >= 0.3 is 0 Å². The molecular formula is C11H18N2. The molecule has 0 aliphatic carbocycles. The van der Waals surface area contributed by atoms with Gasteiger partial charge < -0.3 is 11.1 Å². The second kappa shape index (κ2) is 4.87. The lowest BCUT2D eigenvalue weighted by Gasteiger charge is -2.13. The van der Waals surface area contributed by atoms with E-state index in [9.17, 15) is 0 Å². The summed E-state index contributed by atoms with van der Waals surface area (Å²) in [6, 6.07) is 8.45. The molecule has 0 saturated carbocycles. The van der Waals surface area contributed by atoms with Gasteiger partial charge in [-0.15, -0.1) is 0 Å². The Balaban J connectivity index is 2.55. The first-order valence-corrected chi connectivity index (χ1v) is 4.83. The fourth-order valence-corrected chi connectivity index (χ4v) is 1.26. The molecule has 13 heavy (non-hydrogen) atoms. The fourth-order valence-electron chi connectivity index (χ4n) is 1.26. The van der Waals surface area contributed by atoms with E-state index in [0.717, 1.165) is 12.2 Å². The maximum Gasteiger partial charge on any atom is 0.0314 e. The van der Waals surface area contributed by atoms with Gasteiger partial charge in [-0.3, -0.25) is 0 Å². The van der Waals surface area contributed by atoms with E-state index in [1.807, 2.05) is 12.1 Å². The molecule has 0 bridgehead atoms. The summed E-state index contributed by atoms with van der Waals surface area (Å²) in [5, 5.41) is 3.43. The SMILES string of the molecule is CCCNC(C)c1ccc(N)cc1. The minimum Gasteiger partial charge on any atom is -0.399 e. The zero-order valence-electron chi connectivity index (χ0n) is 8.38. The maximum atomic E-state index is 5.61. The molecule has 1 atom stereocenters. The zero-order chi connectivity index (χ0) is 9.68. The monoisotopic (exact) mass is 178 g/mol. The van der Waals surface area contributed by atoms with Crippen molar-refractivity contribution in [2.24, 2.45) is 0 Å². The maximum absolute atomic E-state index is 5.61. The molecule has 0 amide bonds. The van der Waals surface area contributed by atoms with Crippen LogP contribution in [0.2, 0.25) is 0 Å². The van der Waals surface area contributed by atoms with Gasteiger partial charge in [-0.1, -0.05) is 19.1 Å². The third kappa shape index (κ3) is 3.07. The van der Waals surface area contributed by atoms with E-state index in [1.54, 1.807) is 0 Å². The van der Waals surface area contributed by atoms with Crippen LogP contribution in [0.1, 0.15) is 31.9 Å². The van der Waals surface area contributed by atoms with Crippen molar-refractivity contribution < 1.29 is 0 Å². The second-order valence-corrected chi connectivity index (χ2v) is 3.34. The summed E-state index contributed by atoms with van der Waals surface area (Å²) in [6.45, 7) is 5.40. The van der Waals surface area contributed by atoms with Gasteiger partial charge in [0.25, 0.3) is 0 Å².